The molecule has 1 aliphatic carbocycles. The van der Waals surface area contributed by atoms with Crippen molar-refractivity contribution in [2.24, 2.45) is 0 Å². The molecule has 3 heterocycles. The number of rotatable bonds is 5. The summed E-state index contributed by atoms with van der Waals surface area (Å²) >= 11 is 5.97. The molecule has 2 N–H and O–H groups in total. The summed E-state index contributed by atoms with van der Waals surface area (Å²) in [7, 11) is 0. The average Bonchev–Trinajstić information content (AvgIpc) is 3.29. The van der Waals surface area contributed by atoms with Crippen LogP contribution in [0.15, 0.2) is 34.9 Å². The number of nitrogens with zero attached hydrogens (tertiary/aromatic N) is 4. The van der Waals surface area contributed by atoms with Crippen LogP contribution in [-0.2, 0) is 4.74 Å². The minimum Gasteiger partial charge on any atom is -0.465 e. The first-order valence-corrected chi connectivity index (χ1v) is 11.9. The van der Waals surface area contributed by atoms with Gasteiger partial charge >= 0.3 is 12.5 Å². The molecule has 0 radical (unpaired) electrons. The first kappa shape index (κ1) is 25.2. The number of hydrogen-bond acceptors (Lipinski definition) is 7. The molecular weight excluding hydrogens is 519 g/mol. The highest BCUT2D eigenvalue weighted by Crippen LogP contribution is 2.41. The van der Waals surface area contributed by atoms with Gasteiger partial charge in [-0.25, -0.2) is 4.79 Å². The Morgan fingerprint density at radius 2 is 1.92 bits per heavy atom. The van der Waals surface area contributed by atoms with Crippen molar-refractivity contribution in [3.8, 4) is 0 Å². The lowest BCUT2D eigenvalue weighted by atomic mass is 9.82. The van der Waals surface area contributed by atoms with Crippen molar-refractivity contribution in [3.05, 3.63) is 52.8 Å². The summed E-state index contributed by atoms with van der Waals surface area (Å²) in [6, 6.07) is 5.62. The number of benzene rings is 1. The van der Waals surface area contributed by atoms with E-state index >= 15 is 0 Å². The highest BCUT2D eigenvalue weighted by atomic mass is 35.5. The number of hydrogen-bond donors (Lipinski definition) is 2. The van der Waals surface area contributed by atoms with E-state index in [1.54, 1.807) is 24.3 Å². The van der Waals surface area contributed by atoms with Crippen molar-refractivity contribution in [3.63, 3.8) is 0 Å². The molecule has 1 aromatic carbocycles. The Kier molecular flexibility index (Phi) is 6.67. The third kappa shape index (κ3) is 5.62. The van der Waals surface area contributed by atoms with E-state index in [-0.39, 0.29) is 43.0 Å². The summed E-state index contributed by atoms with van der Waals surface area (Å²) in [4.78, 5) is 30.2. The number of aromatic nitrogens is 3. The van der Waals surface area contributed by atoms with Gasteiger partial charge in [-0.3, -0.25) is 19.4 Å². The summed E-state index contributed by atoms with van der Waals surface area (Å²) in [5.41, 5.74) is 0.972. The predicted molar refractivity (Wildman–Crippen MR) is 122 cm³/mol. The van der Waals surface area contributed by atoms with Gasteiger partial charge < -0.3 is 14.8 Å². The van der Waals surface area contributed by atoms with E-state index in [0.29, 0.717) is 28.9 Å². The molecule has 37 heavy (non-hydrogen) atoms. The maximum Gasteiger partial charge on any atom is 0.522 e. The smallest absolute Gasteiger partial charge is 0.465 e. The number of likely N-dealkylation sites (tertiary alicyclic amines) is 1. The van der Waals surface area contributed by atoms with Gasteiger partial charge in [-0.15, -0.1) is 23.4 Å². The Morgan fingerprint density at radius 3 is 2.65 bits per heavy atom. The SMILES string of the molecule is O=C(N[C@@H]1CC[C@@H](c2nnc(C3CC(OC(F)(F)F)C3)o2)N(C(=O)O)C1)c1cnc2cc(Cl)ccc2c1. The van der Waals surface area contributed by atoms with Gasteiger partial charge in [-0.2, -0.15) is 0 Å². The molecule has 5 rings (SSSR count). The topological polar surface area (TPSA) is 131 Å². The lowest BCUT2D eigenvalue weighted by Gasteiger charge is -2.36. The first-order valence-electron chi connectivity index (χ1n) is 11.5. The summed E-state index contributed by atoms with van der Waals surface area (Å²) in [6.07, 6.45) is -4.56. The van der Waals surface area contributed by atoms with E-state index in [9.17, 15) is 27.9 Å². The van der Waals surface area contributed by atoms with Gasteiger partial charge in [-0.05, 0) is 43.9 Å². The number of pyridine rings is 1. The predicted octanol–water partition coefficient (Wildman–Crippen LogP) is 4.67. The molecule has 1 aliphatic heterocycles. The minimum atomic E-state index is -4.70. The highest BCUT2D eigenvalue weighted by molar-refractivity contribution is 6.31. The second-order valence-corrected chi connectivity index (χ2v) is 9.53. The van der Waals surface area contributed by atoms with Crippen LogP contribution in [-0.4, -0.2) is 62.2 Å². The zero-order valence-electron chi connectivity index (χ0n) is 19.1. The van der Waals surface area contributed by atoms with Crippen LogP contribution in [0.4, 0.5) is 18.0 Å². The maximum absolute atomic E-state index is 12.8. The zero-order valence-corrected chi connectivity index (χ0v) is 19.9. The number of carbonyl (C=O) groups excluding carboxylic acids is 1. The Bertz CT molecular complexity index is 1330. The van der Waals surface area contributed by atoms with E-state index in [0.717, 1.165) is 10.3 Å². The molecule has 1 saturated heterocycles. The number of ether oxygens (including phenoxy) is 1. The van der Waals surface area contributed by atoms with Crippen LogP contribution >= 0.6 is 11.6 Å². The van der Waals surface area contributed by atoms with Crippen LogP contribution in [0.25, 0.3) is 10.9 Å². The minimum absolute atomic E-state index is 0.00893. The number of carbonyl (C=O) groups is 2. The van der Waals surface area contributed by atoms with Gasteiger partial charge in [0.05, 0.1) is 17.2 Å². The van der Waals surface area contributed by atoms with Crippen molar-refractivity contribution in [1.82, 2.24) is 25.4 Å². The van der Waals surface area contributed by atoms with Crippen LogP contribution < -0.4 is 5.32 Å². The van der Waals surface area contributed by atoms with Crippen molar-refractivity contribution in [1.29, 1.82) is 0 Å². The zero-order chi connectivity index (χ0) is 26.3. The Morgan fingerprint density at radius 1 is 1.16 bits per heavy atom. The lowest BCUT2D eigenvalue weighted by Crippen LogP contribution is -2.50. The van der Waals surface area contributed by atoms with E-state index in [4.69, 9.17) is 16.0 Å². The molecule has 0 spiro atoms. The second-order valence-electron chi connectivity index (χ2n) is 9.09. The maximum atomic E-state index is 12.8. The van der Waals surface area contributed by atoms with E-state index in [1.807, 2.05) is 0 Å². The van der Waals surface area contributed by atoms with Crippen molar-refractivity contribution >= 4 is 34.5 Å². The number of amides is 2. The summed E-state index contributed by atoms with van der Waals surface area (Å²) in [5, 5.41) is 21.8. The van der Waals surface area contributed by atoms with Crippen molar-refractivity contribution < 1.29 is 37.0 Å². The summed E-state index contributed by atoms with van der Waals surface area (Å²) < 4.78 is 46.6. The van der Waals surface area contributed by atoms with E-state index in [1.165, 1.54) is 6.20 Å². The van der Waals surface area contributed by atoms with Crippen LogP contribution in [0.2, 0.25) is 5.02 Å². The van der Waals surface area contributed by atoms with Crippen LogP contribution in [0.3, 0.4) is 0 Å². The van der Waals surface area contributed by atoms with Crippen LogP contribution in [0.5, 0.6) is 0 Å². The number of fused-ring (bicyclic) bond motifs is 1. The molecule has 2 aliphatic rings. The summed E-state index contributed by atoms with van der Waals surface area (Å²) in [5.74, 6) is -0.546. The molecule has 196 valence electrons. The molecule has 2 atom stereocenters. The van der Waals surface area contributed by atoms with E-state index < -0.39 is 30.6 Å². The number of alkyl halides is 3. The van der Waals surface area contributed by atoms with Gasteiger partial charge in [-0.1, -0.05) is 17.7 Å². The molecule has 2 fully saturated rings. The first-order chi connectivity index (χ1) is 17.6. The van der Waals surface area contributed by atoms with Crippen LogP contribution in [0, 0.1) is 0 Å². The fourth-order valence-electron chi connectivity index (χ4n) is 4.64. The number of nitrogens with one attached hydrogen (secondary N) is 1. The highest BCUT2D eigenvalue weighted by Gasteiger charge is 2.43. The van der Waals surface area contributed by atoms with E-state index in [2.05, 4.69) is 25.2 Å². The Hall–Kier alpha value is -3.45. The Labute approximate surface area is 212 Å². The average molecular weight is 540 g/mol. The fourth-order valence-corrected chi connectivity index (χ4v) is 4.81. The molecular formula is C23H21ClF3N5O5. The quantitative estimate of drug-likeness (QED) is 0.478. The van der Waals surface area contributed by atoms with Gasteiger partial charge in [0, 0.05) is 35.1 Å². The van der Waals surface area contributed by atoms with Crippen molar-refractivity contribution in [2.45, 2.75) is 56.2 Å². The molecule has 14 heteroatoms. The van der Waals surface area contributed by atoms with Gasteiger partial charge in [0.1, 0.15) is 6.04 Å². The standard InChI is InChI=1S/C23H21ClF3N5O5/c24-14-2-1-11-5-13(9-28-17(11)8-14)19(33)29-15-3-4-18(32(10-15)22(34)35)21-31-30-20(36-21)12-6-16(7-12)37-23(25,26)27/h1-2,5,8-9,12,15-16,18H,3-4,6-7,10H2,(H,29,33)(H,34,35)/t12?,15-,16?,18+/m1/s1. The lowest BCUT2D eigenvalue weighted by molar-refractivity contribution is -0.352. The van der Waals surface area contributed by atoms with Gasteiger partial charge in [0.25, 0.3) is 5.91 Å². The molecule has 0 unspecified atom stereocenters. The molecule has 1 saturated carbocycles. The second kappa shape index (κ2) is 9.78. The summed E-state index contributed by atoms with van der Waals surface area (Å²) in [6.45, 7) is -0.00893. The normalized spacial score (nSPS) is 24.1. The number of halogens is 4. The largest absolute Gasteiger partial charge is 0.522 e. The molecule has 2 aromatic heterocycles. The molecule has 10 nitrogen and oxygen atoms in total. The fraction of sp³-hybridized carbons (Fsp3) is 0.435. The van der Waals surface area contributed by atoms with Crippen molar-refractivity contribution in [2.75, 3.05) is 6.54 Å². The van der Waals surface area contributed by atoms with Gasteiger partial charge in [0.2, 0.25) is 11.8 Å². The molecule has 3 aromatic rings. The Balaban J connectivity index is 1.21. The van der Waals surface area contributed by atoms with Gasteiger partial charge in [0.15, 0.2) is 0 Å². The van der Waals surface area contributed by atoms with Crippen LogP contribution in [0.1, 0.15) is 59.8 Å². The third-order valence-corrected chi connectivity index (χ3v) is 6.79. The number of carboxylic acid groups (broad SMARTS) is 1. The molecule has 2 amide bonds. The molecule has 0 bridgehead atoms. The third-order valence-electron chi connectivity index (χ3n) is 6.56. The number of piperidine rings is 1. The monoisotopic (exact) mass is 539 g/mol.